The summed E-state index contributed by atoms with van der Waals surface area (Å²) in [5.74, 6) is 0.674. The molecule has 0 radical (unpaired) electrons. The van der Waals surface area contributed by atoms with Gasteiger partial charge in [0.15, 0.2) is 0 Å². The molecule has 108 valence electrons. The predicted octanol–water partition coefficient (Wildman–Crippen LogP) is 4.65. The van der Waals surface area contributed by atoms with Crippen molar-refractivity contribution in [2.24, 2.45) is 0 Å². The Morgan fingerprint density at radius 1 is 1.09 bits per heavy atom. The lowest BCUT2D eigenvalue weighted by Gasteiger charge is -2.22. The second-order valence-corrected chi connectivity index (χ2v) is 5.96. The van der Waals surface area contributed by atoms with Crippen LogP contribution in [0.2, 0.25) is 0 Å². The molecule has 1 unspecified atom stereocenters. The predicted molar refractivity (Wildman–Crippen MR) is 86.6 cm³/mol. The van der Waals surface area contributed by atoms with Crippen LogP contribution in [-0.2, 0) is 0 Å². The van der Waals surface area contributed by atoms with Crippen LogP contribution in [0.25, 0.3) is 16.2 Å². The third-order valence-corrected chi connectivity index (χ3v) is 4.72. The molecule has 22 heavy (non-hydrogen) atoms. The number of para-hydroxylation sites is 1. The fraction of sp³-hybridized carbons (Fsp3) is 0.0588. The zero-order valence-electron chi connectivity index (χ0n) is 11.4. The lowest BCUT2D eigenvalue weighted by Crippen LogP contribution is -2.19. The number of benzene rings is 2. The van der Waals surface area contributed by atoms with Crippen LogP contribution in [0, 0.1) is 10.1 Å². The number of nitro groups is 1. The van der Waals surface area contributed by atoms with Crippen molar-refractivity contribution in [1.82, 2.24) is 0 Å². The Bertz CT molecular complexity index is 913. The van der Waals surface area contributed by atoms with E-state index in [1.165, 1.54) is 0 Å². The van der Waals surface area contributed by atoms with E-state index in [0.29, 0.717) is 5.75 Å². The molecule has 2 aromatic carbocycles. The molecule has 0 saturated carbocycles. The van der Waals surface area contributed by atoms with Crippen LogP contribution in [0.3, 0.4) is 0 Å². The quantitative estimate of drug-likeness (QED) is 0.511. The molecule has 5 heteroatoms. The van der Waals surface area contributed by atoms with Crippen LogP contribution in [-0.4, -0.2) is 4.92 Å². The first-order chi connectivity index (χ1) is 10.7. The Morgan fingerprint density at radius 2 is 1.86 bits per heavy atom. The molecule has 1 atom stereocenters. The SMILES string of the molecule is O=[N+]([O-])C1=Cc2ccccc2OC1c1csc2ccccc12. The first-order valence-electron chi connectivity index (χ1n) is 6.82. The van der Waals surface area contributed by atoms with Gasteiger partial charge >= 0.3 is 0 Å². The number of ether oxygens (including phenoxy) is 1. The van der Waals surface area contributed by atoms with Gasteiger partial charge in [0.2, 0.25) is 6.10 Å². The number of thiophene rings is 1. The minimum absolute atomic E-state index is 0.0715. The van der Waals surface area contributed by atoms with E-state index in [1.807, 2.05) is 53.9 Å². The zero-order chi connectivity index (χ0) is 15.1. The van der Waals surface area contributed by atoms with E-state index < -0.39 is 6.10 Å². The maximum atomic E-state index is 11.5. The second kappa shape index (κ2) is 4.96. The Kier molecular flexibility index (Phi) is 2.94. The van der Waals surface area contributed by atoms with E-state index in [2.05, 4.69) is 0 Å². The van der Waals surface area contributed by atoms with Gasteiger partial charge < -0.3 is 4.74 Å². The van der Waals surface area contributed by atoms with Gasteiger partial charge in [0.1, 0.15) is 5.75 Å². The van der Waals surface area contributed by atoms with Crippen LogP contribution in [0.4, 0.5) is 0 Å². The van der Waals surface area contributed by atoms with Gasteiger partial charge in [0, 0.05) is 21.9 Å². The van der Waals surface area contributed by atoms with Crippen molar-refractivity contribution in [1.29, 1.82) is 0 Å². The summed E-state index contributed by atoms with van der Waals surface area (Å²) in [6, 6.07) is 15.3. The van der Waals surface area contributed by atoms with Crippen LogP contribution in [0.5, 0.6) is 5.75 Å². The minimum Gasteiger partial charge on any atom is -0.474 e. The van der Waals surface area contributed by atoms with E-state index >= 15 is 0 Å². The van der Waals surface area contributed by atoms with Crippen molar-refractivity contribution in [2.75, 3.05) is 0 Å². The van der Waals surface area contributed by atoms with Gasteiger partial charge in [-0.25, -0.2) is 0 Å². The summed E-state index contributed by atoms with van der Waals surface area (Å²) < 4.78 is 7.05. The van der Waals surface area contributed by atoms with E-state index in [1.54, 1.807) is 17.4 Å². The first kappa shape index (κ1) is 13.0. The van der Waals surface area contributed by atoms with E-state index in [4.69, 9.17) is 4.74 Å². The van der Waals surface area contributed by atoms with Gasteiger partial charge in [-0.2, -0.15) is 0 Å². The molecule has 1 aromatic heterocycles. The van der Waals surface area contributed by atoms with Gasteiger partial charge in [0.05, 0.1) is 4.92 Å². The average molecular weight is 309 g/mol. The smallest absolute Gasteiger partial charge is 0.291 e. The fourth-order valence-electron chi connectivity index (χ4n) is 2.70. The summed E-state index contributed by atoms with van der Waals surface area (Å²) in [4.78, 5) is 11.1. The number of hydrogen-bond donors (Lipinski definition) is 0. The molecular formula is C17H11NO3S. The monoisotopic (exact) mass is 309 g/mol. The fourth-order valence-corrected chi connectivity index (χ4v) is 3.68. The van der Waals surface area contributed by atoms with E-state index in [0.717, 1.165) is 21.2 Å². The van der Waals surface area contributed by atoms with Crippen molar-refractivity contribution < 1.29 is 9.66 Å². The second-order valence-electron chi connectivity index (χ2n) is 5.05. The number of hydrogen-bond acceptors (Lipinski definition) is 4. The molecule has 0 fully saturated rings. The standard InChI is InChI=1S/C17H11NO3S/c19-18(20)14-9-11-5-1-3-7-15(11)21-17(14)13-10-22-16-8-4-2-6-12(13)16/h1-10,17H. The largest absolute Gasteiger partial charge is 0.474 e. The lowest BCUT2D eigenvalue weighted by atomic mass is 10.0. The number of nitrogens with zero attached hydrogens (tertiary/aromatic N) is 1. The highest BCUT2D eigenvalue weighted by Crippen LogP contribution is 2.41. The normalized spacial score (nSPS) is 16.7. The topological polar surface area (TPSA) is 52.4 Å². The molecular weight excluding hydrogens is 298 g/mol. The van der Waals surface area contributed by atoms with Crippen molar-refractivity contribution >= 4 is 27.5 Å². The molecule has 0 spiro atoms. The molecule has 1 aliphatic heterocycles. The van der Waals surface area contributed by atoms with E-state index in [-0.39, 0.29) is 10.6 Å². The maximum absolute atomic E-state index is 11.5. The molecule has 4 rings (SSSR count). The molecule has 0 amide bonds. The van der Waals surface area contributed by atoms with Gasteiger partial charge in [-0.15, -0.1) is 11.3 Å². The Morgan fingerprint density at radius 3 is 2.73 bits per heavy atom. The van der Waals surface area contributed by atoms with Crippen LogP contribution in [0.1, 0.15) is 17.2 Å². The third kappa shape index (κ3) is 1.98. The third-order valence-electron chi connectivity index (χ3n) is 3.74. The highest BCUT2D eigenvalue weighted by atomic mass is 32.1. The van der Waals surface area contributed by atoms with Crippen molar-refractivity contribution in [2.45, 2.75) is 6.10 Å². The van der Waals surface area contributed by atoms with Crippen LogP contribution < -0.4 is 4.74 Å². The molecule has 1 aliphatic rings. The summed E-state index contributed by atoms with van der Waals surface area (Å²) >= 11 is 1.57. The van der Waals surface area contributed by atoms with Gasteiger partial charge in [0.25, 0.3) is 5.70 Å². The minimum atomic E-state index is -0.680. The van der Waals surface area contributed by atoms with E-state index in [9.17, 15) is 10.1 Å². The average Bonchev–Trinajstić information content (AvgIpc) is 2.97. The van der Waals surface area contributed by atoms with Crippen molar-refractivity contribution in [3.63, 3.8) is 0 Å². The van der Waals surface area contributed by atoms with Gasteiger partial charge in [-0.3, -0.25) is 10.1 Å². The molecule has 0 saturated heterocycles. The number of rotatable bonds is 2. The molecule has 0 aliphatic carbocycles. The number of fused-ring (bicyclic) bond motifs is 2. The molecule has 0 bridgehead atoms. The van der Waals surface area contributed by atoms with Crippen molar-refractivity contribution in [3.05, 3.63) is 80.8 Å². The highest BCUT2D eigenvalue weighted by molar-refractivity contribution is 7.17. The maximum Gasteiger partial charge on any atom is 0.291 e. The van der Waals surface area contributed by atoms with Crippen LogP contribution in [0.15, 0.2) is 59.6 Å². The lowest BCUT2D eigenvalue weighted by molar-refractivity contribution is -0.434. The zero-order valence-corrected chi connectivity index (χ0v) is 12.2. The Hall–Kier alpha value is -2.66. The van der Waals surface area contributed by atoms with Gasteiger partial charge in [-0.1, -0.05) is 36.4 Å². The molecule has 4 nitrogen and oxygen atoms in total. The summed E-state index contributed by atoms with van der Waals surface area (Å²) in [6.45, 7) is 0. The Balaban J connectivity index is 1.89. The van der Waals surface area contributed by atoms with Crippen molar-refractivity contribution in [3.8, 4) is 5.75 Å². The summed E-state index contributed by atoms with van der Waals surface area (Å²) in [5.41, 5.74) is 1.66. The molecule has 3 aromatic rings. The summed E-state index contributed by atoms with van der Waals surface area (Å²) in [5, 5.41) is 14.4. The summed E-state index contributed by atoms with van der Waals surface area (Å²) in [6.07, 6.45) is 0.927. The highest BCUT2D eigenvalue weighted by Gasteiger charge is 2.34. The van der Waals surface area contributed by atoms with Crippen LogP contribution >= 0.6 is 11.3 Å². The first-order valence-corrected chi connectivity index (χ1v) is 7.70. The Labute approximate surface area is 130 Å². The van der Waals surface area contributed by atoms with Gasteiger partial charge in [-0.05, 0) is 22.9 Å². The summed E-state index contributed by atoms with van der Waals surface area (Å²) in [7, 11) is 0. The molecule has 2 heterocycles. The molecule has 0 N–H and O–H groups in total.